The molecule has 0 spiro atoms. The van der Waals surface area contributed by atoms with Crippen LogP contribution in [0.4, 0.5) is 4.39 Å². The van der Waals surface area contributed by atoms with E-state index in [0.29, 0.717) is 9.99 Å². The number of aromatic nitrogens is 2. The lowest BCUT2D eigenvalue weighted by Gasteiger charge is -1.98. The highest BCUT2D eigenvalue weighted by atomic mass is 79.9. The molecule has 0 N–H and O–H groups in total. The Hall–Kier alpha value is -0.740. The van der Waals surface area contributed by atoms with E-state index < -0.39 is 5.82 Å². The van der Waals surface area contributed by atoms with E-state index in [1.165, 1.54) is 12.3 Å². The Bertz CT molecular complexity index is 470. The second kappa shape index (κ2) is 3.20. The second-order valence-corrected chi connectivity index (χ2v) is 3.75. The van der Waals surface area contributed by atoms with Gasteiger partial charge in [0.05, 0.1) is 11.7 Å². The quantitative estimate of drug-likeness (QED) is 0.728. The van der Waals surface area contributed by atoms with Crippen molar-refractivity contribution in [3.8, 4) is 0 Å². The number of rotatable bonds is 0. The Morgan fingerprint density at radius 2 is 2.15 bits per heavy atom. The Balaban J connectivity index is 2.86. The third-order valence-electron chi connectivity index (χ3n) is 1.54. The van der Waals surface area contributed by atoms with Crippen LogP contribution in [0.25, 0.3) is 11.0 Å². The Labute approximate surface area is 86.9 Å². The number of benzene rings is 1. The zero-order chi connectivity index (χ0) is 9.42. The molecule has 0 unspecified atom stereocenters. The monoisotopic (exact) mass is 260 g/mol. The molecule has 1 heterocycles. The van der Waals surface area contributed by atoms with Crippen LogP contribution >= 0.6 is 27.5 Å². The molecule has 0 atom stereocenters. The van der Waals surface area contributed by atoms with Crippen molar-refractivity contribution in [2.75, 3.05) is 0 Å². The van der Waals surface area contributed by atoms with Crippen LogP contribution in [0, 0.1) is 5.82 Å². The maximum atomic E-state index is 13.2. The molecule has 0 aliphatic heterocycles. The first-order valence-corrected chi connectivity index (χ1v) is 4.61. The molecule has 66 valence electrons. The predicted molar refractivity (Wildman–Crippen MR) is 52.2 cm³/mol. The van der Waals surface area contributed by atoms with Gasteiger partial charge in [-0.25, -0.2) is 14.4 Å². The lowest BCUT2D eigenvalue weighted by Crippen LogP contribution is -1.88. The van der Waals surface area contributed by atoms with E-state index >= 15 is 0 Å². The van der Waals surface area contributed by atoms with E-state index in [4.69, 9.17) is 11.6 Å². The average Bonchev–Trinajstić information content (AvgIpc) is 2.02. The molecule has 0 aliphatic carbocycles. The van der Waals surface area contributed by atoms with E-state index in [1.807, 2.05) is 0 Å². The van der Waals surface area contributed by atoms with Gasteiger partial charge in [0, 0.05) is 4.47 Å². The highest BCUT2D eigenvalue weighted by Gasteiger charge is 2.05. The molecule has 0 amide bonds. The third-order valence-corrected chi connectivity index (χ3v) is 2.18. The van der Waals surface area contributed by atoms with Crippen LogP contribution in [-0.4, -0.2) is 9.97 Å². The molecule has 13 heavy (non-hydrogen) atoms. The molecule has 0 radical (unpaired) electrons. The fourth-order valence-electron chi connectivity index (χ4n) is 1.03. The number of nitrogens with zero attached hydrogens (tertiary/aromatic N) is 2. The van der Waals surface area contributed by atoms with E-state index in [2.05, 4.69) is 25.9 Å². The minimum atomic E-state index is -0.409. The Morgan fingerprint density at radius 3 is 2.92 bits per heavy atom. The zero-order valence-electron chi connectivity index (χ0n) is 6.26. The molecule has 0 bridgehead atoms. The summed E-state index contributed by atoms with van der Waals surface area (Å²) >= 11 is 8.77. The molecule has 2 aromatic rings. The maximum absolute atomic E-state index is 13.2. The summed E-state index contributed by atoms with van der Waals surface area (Å²) in [6, 6.07) is 3.00. The summed E-state index contributed by atoms with van der Waals surface area (Å²) in [7, 11) is 0. The molecule has 0 aliphatic rings. The van der Waals surface area contributed by atoms with Crippen LogP contribution < -0.4 is 0 Å². The van der Waals surface area contributed by atoms with Gasteiger partial charge < -0.3 is 0 Å². The van der Waals surface area contributed by atoms with E-state index in [-0.39, 0.29) is 10.7 Å². The van der Waals surface area contributed by atoms with Gasteiger partial charge in [-0.1, -0.05) is 27.5 Å². The maximum Gasteiger partial charge on any atom is 0.152 e. The van der Waals surface area contributed by atoms with Crippen LogP contribution in [0.1, 0.15) is 0 Å². The predicted octanol–water partition coefficient (Wildman–Crippen LogP) is 3.18. The van der Waals surface area contributed by atoms with E-state index in [0.717, 1.165) is 0 Å². The fraction of sp³-hybridized carbons (Fsp3) is 0. The molecule has 1 aromatic carbocycles. The minimum Gasteiger partial charge on any atom is -0.248 e. The largest absolute Gasteiger partial charge is 0.248 e. The molecule has 2 rings (SSSR count). The van der Waals surface area contributed by atoms with Gasteiger partial charge in [-0.3, -0.25) is 0 Å². The van der Waals surface area contributed by atoms with Gasteiger partial charge in [0.15, 0.2) is 5.82 Å². The van der Waals surface area contributed by atoms with Crippen molar-refractivity contribution >= 4 is 38.6 Å². The first kappa shape index (κ1) is 8.84. The van der Waals surface area contributed by atoms with Gasteiger partial charge in [-0.2, -0.15) is 0 Å². The van der Waals surface area contributed by atoms with Crippen molar-refractivity contribution in [3.05, 3.63) is 33.8 Å². The van der Waals surface area contributed by atoms with Crippen LogP contribution in [0.3, 0.4) is 0 Å². The highest BCUT2D eigenvalue weighted by Crippen LogP contribution is 2.21. The summed E-state index contributed by atoms with van der Waals surface area (Å²) in [4.78, 5) is 7.76. The summed E-state index contributed by atoms with van der Waals surface area (Å²) < 4.78 is 13.8. The molecule has 5 heteroatoms. The van der Waals surface area contributed by atoms with Crippen molar-refractivity contribution in [2.45, 2.75) is 0 Å². The zero-order valence-corrected chi connectivity index (χ0v) is 8.60. The third kappa shape index (κ3) is 1.64. The number of hydrogen-bond acceptors (Lipinski definition) is 2. The Morgan fingerprint density at radius 1 is 1.38 bits per heavy atom. The summed E-state index contributed by atoms with van der Waals surface area (Å²) in [6.45, 7) is 0. The van der Waals surface area contributed by atoms with Crippen LogP contribution in [-0.2, 0) is 0 Å². The van der Waals surface area contributed by atoms with Gasteiger partial charge in [-0.05, 0) is 12.1 Å². The number of fused-ring (bicyclic) bond motifs is 1. The van der Waals surface area contributed by atoms with Gasteiger partial charge in [0.2, 0.25) is 0 Å². The highest BCUT2D eigenvalue weighted by molar-refractivity contribution is 9.10. The van der Waals surface area contributed by atoms with Crippen molar-refractivity contribution < 1.29 is 4.39 Å². The topological polar surface area (TPSA) is 25.8 Å². The smallest absolute Gasteiger partial charge is 0.152 e. The number of hydrogen-bond donors (Lipinski definition) is 0. The molecular formula is C8H3BrClFN2. The SMILES string of the molecule is Fc1cc(Br)cc2nc(Cl)cnc12. The number of halogens is 3. The first-order chi connectivity index (χ1) is 6.16. The Kier molecular flexibility index (Phi) is 2.17. The molecule has 0 fully saturated rings. The summed E-state index contributed by atoms with van der Waals surface area (Å²) in [5.74, 6) is -0.409. The van der Waals surface area contributed by atoms with Crippen LogP contribution in [0.5, 0.6) is 0 Å². The van der Waals surface area contributed by atoms with Gasteiger partial charge in [0.1, 0.15) is 10.7 Å². The standard InChI is InChI=1S/C8H3BrClFN2/c9-4-1-5(11)8-6(2-4)13-7(10)3-12-8/h1-3H. The average molecular weight is 261 g/mol. The van der Waals surface area contributed by atoms with Gasteiger partial charge in [-0.15, -0.1) is 0 Å². The molecular weight excluding hydrogens is 258 g/mol. The molecule has 0 saturated heterocycles. The second-order valence-electron chi connectivity index (χ2n) is 2.45. The van der Waals surface area contributed by atoms with Crippen molar-refractivity contribution in [1.82, 2.24) is 9.97 Å². The van der Waals surface area contributed by atoms with E-state index in [9.17, 15) is 4.39 Å². The molecule has 0 saturated carbocycles. The van der Waals surface area contributed by atoms with Crippen molar-refractivity contribution in [3.63, 3.8) is 0 Å². The molecule has 1 aromatic heterocycles. The van der Waals surface area contributed by atoms with Gasteiger partial charge >= 0.3 is 0 Å². The molecule has 2 nitrogen and oxygen atoms in total. The summed E-state index contributed by atoms with van der Waals surface area (Å²) in [5.41, 5.74) is 0.673. The van der Waals surface area contributed by atoms with Crippen molar-refractivity contribution in [1.29, 1.82) is 0 Å². The fourth-order valence-corrected chi connectivity index (χ4v) is 1.58. The lowest BCUT2D eigenvalue weighted by atomic mass is 10.3. The van der Waals surface area contributed by atoms with Crippen LogP contribution in [0.15, 0.2) is 22.8 Å². The summed E-state index contributed by atoms with van der Waals surface area (Å²) in [6.07, 6.45) is 1.32. The normalized spacial score (nSPS) is 10.7. The van der Waals surface area contributed by atoms with Crippen molar-refractivity contribution in [2.24, 2.45) is 0 Å². The van der Waals surface area contributed by atoms with Gasteiger partial charge in [0.25, 0.3) is 0 Å². The summed E-state index contributed by atoms with van der Waals surface area (Å²) in [5, 5.41) is 0.255. The minimum absolute atomic E-state index is 0.229. The van der Waals surface area contributed by atoms with Crippen LogP contribution in [0.2, 0.25) is 5.15 Å². The van der Waals surface area contributed by atoms with E-state index in [1.54, 1.807) is 6.07 Å². The first-order valence-electron chi connectivity index (χ1n) is 3.44. The lowest BCUT2D eigenvalue weighted by molar-refractivity contribution is 0.635.